The molecule has 17 rings (SSSR count). The summed E-state index contributed by atoms with van der Waals surface area (Å²) in [4.78, 5) is 16.2. The molecule has 0 amide bonds. The highest BCUT2D eigenvalue weighted by atomic mass is 79.9. The summed E-state index contributed by atoms with van der Waals surface area (Å²) in [7, 11) is 0.675. The highest BCUT2D eigenvalue weighted by Gasteiger charge is 2.41. The predicted octanol–water partition coefficient (Wildman–Crippen LogP) is 15.8. The van der Waals surface area contributed by atoms with Gasteiger partial charge in [-0.1, -0.05) is 223 Å². The molecule has 0 saturated carbocycles. The number of hydrogen-bond donors (Lipinski definition) is 2. The molecule has 0 fully saturated rings. The second-order valence-corrected chi connectivity index (χ2v) is 25.6. The van der Waals surface area contributed by atoms with Crippen LogP contribution in [0.3, 0.4) is 0 Å². The van der Waals surface area contributed by atoms with Gasteiger partial charge in [-0.3, -0.25) is 9.36 Å². The number of ether oxygens (including phenoxy) is 2. The molecule has 8 heterocycles. The van der Waals surface area contributed by atoms with Gasteiger partial charge in [-0.05, 0) is 114 Å². The molecular formula is C81H64BBrN8O6S. The van der Waals surface area contributed by atoms with E-state index in [-0.39, 0.29) is 0 Å². The molecule has 0 saturated heterocycles. The van der Waals surface area contributed by atoms with Crippen molar-refractivity contribution in [2.24, 2.45) is 7.05 Å². The van der Waals surface area contributed by atoms with Crippen LogP contribution >= 0.6 is 28.0 Å². The van der Waals surface area contributed by atoms with Crippen LogP contribution < -0.4 is 19.9 Å². The highest BCUT2D eigenvalue weighted by molar-refractivity contribution is 9.10. The van der Waals surface area contributed by atoms with E-state index in [9.17, 15) is 0 Å². The first-order valence-electron chi connectivity index (χ1n) is 32.2. The van der Waals surface area contributed by atoms with Gasteiger partial charge in [-0.15, -0.1) is 4.73 Å². The fraction of sp³-hybridized carbons (Fsp3) is 0.0864. The van der Waals surface area contributed by atoms with E-state index in [0.717, 1.165) is 141 Å². The minimum absolute atomic E-state index is 0.527. The van der Waals surface area contributed by atoms with Crippen LogP contribution in [-0.4, -0.2) is 69.2 Å². The number of aromatic nitrogens is 8. The van der Waals surface area contributed by atoms with Crippen LogP contribution in [0.2, 0.25) is 0 Å². The van der Waals surface area contributed by atoms with E-state index in [2.05, 4.69) is 249 Å². The van der Waals surface area contributed by atoms with Crippen molar-refractivity contribution in [2.75, 3.05) is 13.2 Å². The Morgan fingerprint density at radius 3 is 1.38 bits per heavy atom. The number of hydrogen-bond acceptors (Lipinski definition) is 11. The molecule has 9 aromatic carbocycles. The fourth-order valence-electron chi connectivity index (χ4n) is 13.4. The van der Waals surface area contributed by atoms with Gasteiger partial charge >= 0.3 is 7.12 Å². The first-order valence-corrected chi connectivity index (χ1v) is 33.8. The third-order valence-electron chi connectivity index (χ3n) is 18.0. The Bertz CT molecular complexity index is 5030. The molecule has 0 radical (unpaired) electrons. The van der Waals surface area contributed by atoms with Crippen LogP contribution in [0.15, 0.2) is 320 Å². The summed E-state index contributed by atoms with van der Waals surface area (Å²) in [5, 5.41) is 29.9. The maximum Gasteiger partial charge on any atom is 0.488 e. The monoisotopic (exact) mass is 1370 g/mol. The van der Waals surface area contributed by atoms with E-state index < -0.39 is 18.2 Å². The normalized spacial score (nSPS) is 12.4. The van der Waals surface area contributed by atoms with Crippen LogP contribution in [0.1, 0.15) is 44.5 Å². The number of nitrogens with zero attached hydrogens (tertiary/aromatic N) is 8. The fourth-order valence-corrected chi connectivity index (χ4v) is 14.2. The molecule has 0 aliphatic carbocycles. The van der Waals surface area contributed by atoms with Crippen LogP contribution in [0, 0.1) is 0 Å². The van der Waals surface area contributed by atoms with Gasteiger partial charge in [0.05, 0.1) is 43.8 Å². The van der Waals surface area contributed by atoms with Crippen LogP contribution in [0.25, 0.3) is 55.4 Å². The summed E-state index contributed by atoms with van der Waals surface area (Å²) < 4.78 is 25.2. The largest absolute Gasteiger partial charge is 0.493 e. The Morgan fingerprint density at radius 1 is 0.449 bits per heavy atom. The van der Waals surface area contributed by atoms with Gasteiger partial charge in [-0.25, -0.2) is 15.0 Å². The van der Waals surface area contributed by atoms with Gasteiger partial charge < -0.3 is 24.1 Å². The lowest BCUT2D eigenvalue weighted by Crippen LogP contribution is -2.38. The minimum Gasteiger partial charge on any atom is -0.493 e. The second kappa shape index (κ2) is 28.0. The van der Waals surface area contributed by atoms with Crippen molar-refractivity contribution < 1.29 is 28.8 Å². The first kappa shape index (κ1) is 63.0. The third kappa shape index (κ3) is 12.3. The van der Waals surface area contributed by atoms with E-state index in [0.29, 0.717) is 17.7 Å². The maximum atomic E-state index is 8.87. The molecule has 98 heavy (non-hydrogen) atoms. The summed E-state index contributed by atoms with van der Waals surface area (Å²) in [6.07, 6.45) is 17.7. The van der Waals surface area contributed by atoms with Crippen molar-refractivity contribution in [1.82, 2.24) is 38.8 Å². The SMILES string of the molecule is Brc1cnc2c(c1)c(-c1cnn(C(c3ccccc3)(c3ccccc3)c3ccccc3)c1)cn2OOSc1ccccc1.Cn1cc(-c2cnn(C(c3ccccc3)(c3ccccc3)c3ccccc3)c2)c2cc(-c3ccc4c(c3)CCO4)cnc21.OB(O)c1ccc2c(c1)CCO2. The molecular weight excluding hydrogens is 1300 g/mol. The molecule has 2 aliphatic rings. The summed E-state index contributed by atoms with van der Waals surface area (Å²) in [5.41, 5.74) is 16.0. The van der Waals surface area contributed by atoms with E-state index in [1.54, 1.807) is 29.1 Å². The minimum atomic E-state index is -1.38. The summed E-state index contributed by atoms with van der Waals surface area (Å²) in [5.74, 6) is 1.85. The summed E-state index contributed by atoms with van der Waals surface area (Å²) >= 11 is 4.73. The molecule has 2 aliphatic heterocycles. The van der Waals surface area contributed by atoms with Crippen molar-refractivity contribution in [2.45, 2.75) is 28.8 Å². The summed E-state index contributed by atoms with van der Waals surface area (Å²) in [6.45, 7) is 1.44. The number of fused-ring (bicyclic) bond motifs is 4. The molecule has 6 aromatic heterocycles. The Balaban J connectivity index is 0.000000137. The van der Waals surface area contributed by atoms with Gasteiger partial charge in [0.2, 0.25) is 0 Å². The number of aryl methyl sites for hydroxylation is 1. The molecule has 14 nitrogen and oxygen atoms in total. The van der Waals surface area contributed by atoms with E-state index in [1.165, 1.54) is 5.56 Å². The average molecular weight is 1370 g/mol. The molecule has 0 atom stereocenters. The summed E-state index contributed by atoms with van der Waals surface area (Å²) in [6, 6.07) is 89.1. The topological polar surface area (TPSA) is 149 Å². The highest BCUT2D eigenvalue weighted by Crippen LogP contribution is 2.45. The smallest absolute Gasteiger partial charge is 0.488 e. The molecule has 0 unspecified atom stereocenters. The zero-order valence-corrected chi connectivity index (χ0v) is 55.6. The maximum absolute atomic E-state index is 8.87. The lowest BCUT2D eigenvalue weighted by molar-refractivity contribution is -0.188. The number of benzene rings is 9. The van der Waals surface area contributed by atoms with Crippen LogP contribution in [0.5, 0.6) is 11.5 Å². The second-order valence-electron chi connectivity index (χ2n) is 23.9. The predicted molar refractivity (Wildman–Crippen MR) is 390 cm³/mol. The third-order valence-corrected chi connectivity index (χ3v) is 19.1. The molecule has 0 bridgehead atoms. The number of rotatable bonds is 16. The van der Waals surface area contributed by atoms with Crippen LogP contribution in [0.4, 0.5) is 0 Å². The van der Waals surface area contributed by atoms with Crippen molar-refractivity contribution in [3.05, 3.63) is 359 Å². The van der Waals surface area contributed by atoms with E-state index in [4.69, 9.17) is 44.0 Å². The first-order chi connectivity index (χ1) is 48.2. The zero-order valence-electron chi connectivity index (χ0n) is 53.2. The van der Waals surface area contributed by atoms with Gasteiger partial charge in [0.15, 0.2) is 5.65 Å². The molecule has 17 heteroatoms. The van der Waals surface area contributed by atoms with E-state index >= 15 is 0 Å². The quantitative estimate of drug-likeness (QED) is 0.0313. The number of halogens is 1. The van der Waals surface area contributed by atoms with Crippen molar-refractivity contribution in [3.8, 4) is 44.9 Å². The number of pyridine rings is 2. The Hall–Kier alpha value is -11.0. The molecule has 15 aromatic rings. The lowest BCUT2D eigenvalue weighted by atomic mass is 9.77. The standard InChI is InChI=1S/C38H30N4O.C35H25BrN4O2S.C8H9BO3/c1-41-26-35(34-22-29(23-39-37(34)41)27-17-18-36-28(21-27)19-20-43-36)30-24-40-42(25-30)38(31-11-5-2-6-12-31,32-13-7-3-8-14-32)33-15-9-4-10-16-33;36-30-21-32-33(25-39(34(32)37-23-30)41-42-43-31-19-11-4-12-20-31)26-22-38-40(24-26)35(27-13-5-1-6-14-27,28-15-7-2-8-16-28)29-17-9-3-10-18-29;10-9(11)7-1-2-8-6(5-7)3-4-12-8/h2-18,21-26H,19-20H2,1H3;1-25H;1-2,5,10-11H,3-4H2. The van der Waals surface area contributed by atoms with Gasteiger partial charge in [0.25, 0.3) is 0 Å². The Labute approximate surface area is 580 Å². The van der Waals surface area contributed by atoms with Crippen LogP contribution in [-0.2, 0) is 35.3 Å². The van der Waals surface area contributed by atoms with Gasteiger partial charge in [-0.2, -0.15) is 10.2 Å². The Kier molecular flexibility index (Phi) is 18.0. The molecule has 2 N–H and O–H groups in total. The molecule has 480 valence electrons. The van der Waals surface area contributed by atoms with Crippen molar-refractivity contribution in [1.29, 1.82) is 0 Å². The lowest BCUT2D eigenvalue weighted by Gasteiger charge is -2.36. The Morgan fingerprint density at radius 2 is 0.888 bits per heavy atom. The van der Waals surface area contributed by atoms with Gasteiger partial charge in [0, 0.05) is 98.8 Å². The van der Waals surface area contributed by atoms with Crippen molar-refractivity contribution in [3.63, 3.8) is 0 Å². The average Bonchev–Trinajstić information content (AvgIpc) is 1.31. The molecule has 0 spiro atoms. The van der Waals surface area contributed by atoms with Crippen molar-refractivity contribution >= 4 is 62.6 Å². The van der Waals surface area contributed by atoms with Gasteiger partial charge in [0.1, 0.15) is 28.2 Å². The van der Waals surface area contributed by atoms with E-state index in [1.807, 2.05) is 79.4 Å². The zero-order chi connectivity index (χ0) is 66.4.